The molecule has 0 aliphatic rings. The number of phenols is 1. The molecule has 0 atom stereocenters. The fourth-order valence-electron chi connectivity index (χ4n) is 1.54. The number of aryl methyl sites for hydroxylation is 1. The first-order valence-electron chi connectivity index (χ1n) is 5.07. The summed E-state index contributed by atoms with van der Waals surface area (Å²) in [4.78, 5) is 0. The van der Waals surface area contributed by atoms with Gasteiger partial charge in [-0.15, -0.1) is 0 Å². The third kappa shape index (κ3) is 2.25. The molecule has 0 amide bonds. The Balaban J connectivity index is 3.10. The Morgan fingerprint density at radius 3 is 2.50 bits per heavy atom. The van der Waals surface area contributed by atoms with Crippen molar-refractivity contribution in [2.24, 2.45) is 0 Å². The highest BCUT2D eigenvalue weighted by molar-refractivity contribution is 5.39. The van der Waals surface area contributed by atoms with Gasteiger partial charge >= 0.3 is 0 Å². The van der Waals surface area contributed by atoms with Crippen LogP contribution in [0.2, 0.25) is 0 Å². The minimum Gasteiger partial charge on any atom is -0.508 e. The SMILES string of the molecule is CCCc1cc(O)c(C(C)C)cc1F. The fourth-order valence-corrected chi connectivity index (χ4v) is 1.54. The van der Waals surface area contributed by atoms with Gasteiger partial charge in [0.2, 0.25) is 0 Å². The molecule has 0 saturated carbocycles. The zero-order chi connectivity index (χ0) is 10.7. The zero-order valence-electron chi connectivity index (χ0n) is 8.97. The second kappa shape index (κ2) is 4.45. The molecule has 0 saturated heterocycles. The first-order chi connectivity index (χ1) is 6.56. The normalized spacial score (nSPS) is 10.9. The lowest BCUT2D eigenvalue weighted by atomic mass is 9.98. The lowest BCUT2D eigenvalue weighted by Crippen LogP contribution is -1.95. The van der Waals surface area contributed by atoms with Gasteiger partial charge in [0.05, 0.1) is 0 Å². The Hall–Kier alpha value is -1.05. The molecular weight excluding hydrogens is 179 g/mol. The highest BCUT2D eigenvalue weighted by Gasteiger charge is 2.10. The van der Waals surface area contributed by atoms with E-state index in [1.54, 1.807) is 6.07 Å². The van der Waals surface area contributed by atoms with Crippen molar-refractivity contribution in [3.63, 3.8) is 0 Å². The molecule has 78 valence electrons. The van der Waals surface area contributed by atoms with E-state index in [9.17, 15) is 9.50 Å². The van der Waals surface area contributed by atoms with Gasteiger partial charge in [0, 0.05) is 0 Å². The second-order valence-corrected chi connectivity index (χ2v) is 3.91. The van der Waals surface area contributed by atoms with Gasteiger partial charge in [-0.2, -0.15) is 0 Å². The lowest BCUT2D eigenvalue weighted by molar-refractivity contribution is 0.460. The fraction of sp³-hybridized carbons (Fsp3) is 0.500. The Kier molecular flexibility index (Phi) is 3.50. The van der Waals surface area contributed by atoms with Crippen LogP contribution in [-0.2, 0) is 6.42 Å². The van der Waals surface area contributed by atoms with Crippen LogP contribution in [0.1, 0.15) is 44.2 Å². The molecule has 0 bridgehead atoms. The Morgan fingerprint density at radius 2 is 2.00 bits per heavy atom. The summed E-state index contributed by atoms with van der Waals surface area (Å²) in [5.74, 6) is 0.165. The molecule has 0 radical (unpaired) electrons. The summed E-state index contributed by atoms with van der Waals surface area (Å²) >= 11 is 0. The molecule has 0 heterocycles. The first-order valence-corrected chi connectivity index (χ1v) is 5.07. The summed E-state index contributed by atoms with van der Waals surface area (Å²) < 4.78 is 13.5. The summed E-state index contributed by atoms with van der Waals surface area (Å²) in [6, 6.07) is 3.00. The van der Waals surface area contributed by atoms with E-state index in [0.29, 0.717) is 17.5 Å². The molecule has 2 heteroatoms. The molecule has 1 N–H and O–H groups in total. The summed E-state index contributed by atoms with van der Waals surface area (Å²) in [5, 5.41) is 9.65. The van der Waals surface area contributed by atoms with Crippen molar-refractivity contribution >= 4 is 0 Å². The van der Waals surface area contributed by atoms with Crippen LogP contribution < -0.4 is 0 Å². The van der Waals surface area contributed by atoms with Gasteiger partial charge in [0.1, 0.15) is 11.6 Å². The zero-order valence-corrected chi connectivity index (χ0v) is 8.97. The van der Waals surface area contributed by atoms with Crippen LogP contribution in [0.4, 0.5) is 4.39 Å². The van der Waals surface area contributed by atoms with Gasteiger partial charge in [-0.1, -0.05) is 27.2 Å². The lowest BCUT2D eigenvalue weighted by Gasteiger charge is -2.10. The Labute approximate surface area is 84.6 Å². The van der Waals surface area contributed by atoms with E-state index < -0.39 is 0 Å². The van der Waals surface area contributed by atoms with Crippen molar-refractivity contribution in [3.8, 4) is 5.75 Å². The van der Waals surface area contributed by atoms with E-state index in [1.807, 2.05) is 20.8 Å². The number of benzene rings is 1. The molecule has 0 aliphatic heterocycles. The molecule has 0 aromatic heterocycles. The molecule has 1 aromatic rings. The van der Waals surface area contributed by atoms with Crippen LogP contribution in [0, 0.1) is 5.82 Å². The highest BCUT2D eigenvalue weighted by Crippen LogP contribution is 2.28. The quantitative estimate of drug-likeness (QED) is 0.783. The number of phenolic OH excluding ortho intramolecular Hbond substituents is 1. The number of hydrogen-bond acceptors (Lipinski definition) is 1. The van der Waals surface area contributed by atoms with Gasteiger partial charge in [-0.05, 0) is 35.6 Å². The van der Waals surface area contributed by atoms with Gasteiger partial charge in [0.15, 0.2) is 0 Å². The second-order valence-electron chi connectivity index (χ2n) is 3.91. The molecule has 14 heavy (non-hydrogen) atoms. The molecular formula is C12H17FO. The predicted molar refractivity (Wildman–Crippen MR) is 56.1 cm³/mol. The largest absolute Gasteiger partial charge is 0.508 e. The number of hydrogen-bond donors (Lipinski definition) is 1. The van der Waals surface area contributed by atoms with Crippen molar-refractivity contribution in [1.82, 2.24) is 0 Å². The standard InChI is InChI=1S/C12H17FO/c1-4-5-9-6-12(14)10(8(2)3)7-11(9)13/h6-8,14H,4-5H2,1-3H3. The van der Waals surface area contributed by atoms with E-state index >= 15 is 0 Å². The average molecular weight is 196 g/mol. The monoisotopic (exact) mass is 196 g/mol. The van der Waals surface area contributed by atoms with Gasteiger partial charge in [0.25, 0.3) is 0 Å². The molecule has 0 fully saturated rings. The average Bonchev–Trinajstić information content (AvgIpc) is 2.10. The van der Waals surface area contributed by atoms with Crippen LogP contribution >= 0.6 is 0 Å². The number of rotatable bonds is 3. The van der Waals surface area contributed by atoms with Gasteiger partial charge < -0.3 is 5.11 Å². The minimum absolute atomic E-state index is 0.153. The molecule has 0 aliphatic carbocycles. The summed E-state index contributed by atoms with van der Waals surface area (Å²) in [7, 11) is 0. The third-order valence-corrected chi connectivity index (χ3v) is 2.34. The highest BCUT2D eigenvalue weighted by atomic mass is 19.1. The van der Waals surface area contributed by atoms with Crippen molar-refractivity contribution in [1.29, 1.82) is 0 Å². The maximum atomic E-state index is 13.5. The molecule has 1 nitrogen and oxygen atoms in total. The topological polar surface area (TPSA) is 20.2 Å². The van der Waals surface area contributed by atoms with Gasteiger partial charge in [-0.25, -0.2) is 4.39 Å². The maximum absolute atomic E-state index is 13.5. The summed E-state index contributed by atoms with van der Waals surface area (Å²) in [5.41, 5.74) is 1.29. The van der Waals surface area contributed by atoms with E-state index in [2.05, 4.69) is 0 Å². The van der Waals surface area contributed by atoms with E-state index in [1.165, 1.54) is 6.07 Å². The Bertz CT molecular complexity index is 318. The molecule has 0 unspecified atom stereocenters. The summed E-state index contributed by atoms with van der Waals surface area (Å²) in [6.45, 7) is 5.87. The predicted octanol–water partition coefficient (Wildman–Crippen LogP) is 3.61. The van der Waals surface area contributed by atoms with Crippen molar-refractivity contribution < 1.29 is 9.50 Å². The smallest absolute Gasteiger partial charge is 0.126 e. The van der Waals surface area contributed by atoms with Gasteiger partial charge in [-0.3, -0.25) is 0 Å². The number of halogens is 1. The van der Waals surface area contributed by atoms with E-state index in [-0.39, 0.29) is 17.5 Å². The van der Waals surface area contributed by atoms with Crippen LogP contribution in [0.3, 0.4) is 0 Å². The van der Waals surface area contributed by atoms with Crippen molar-refractivity contribution in [2.75, 3.05) is 0 Å². The minimum atomic E-state index is -0.201. The molecule has 1 rings (SSSR count). The van der Waals surface area contributed by atoms with Crippen LogP contribution in [0.25, 0.3) is 0 Å². The van der Waals surface area contributed by atoms with E-state index in [4.69, 9.17) is 0 Å². The molecule has 0 spiro atoms. The van der Waals surface area contributed by atoms with Crippen molar-refractivity contribution in [2.45, 2.75) is 39.5 Å². The van der Waals surface area contributed by atoms with E-state index in [0.717, 1.165) is 6.42 Å². The van der Waals surface area contributed by atoms with Crippen LogP contribution in [-0.4, -0.2) is 5.11 Å². The first kappa shape index (κ1) is 11.0. The number of aromatic hydroxyl groups is 1. The van der Waals surface area contributed by atoms with Crippen LogP contribution in [0.15, 0.2) is 12.1 Å². The molecule has 1 aromatic carbocycles. The van der Waals surface area contributed by atoms with Crippen molar-refractivity contribution in [3.05, 3.63) is 29.1 Å². The van der Waals surface area contributed by atoms with Crippen LogP contribution in [0.5, 0.6) is 5.75 Å². The Morgan fingerprint density at radius 1 is 1.36 bits per heavy atom. The third-order valence-electron chi connectivity index (χ3n) is 2.34. The maximum Gasteiger partial charge on any atom is 0.126 e. The summed E-state index contributed by atoms with van der Waals surface area (Å²) in [6.07, 6.45) is 1.56.